The van der Waals surface area contributed by atoms with Gasteiger partial charge in [-0.2, -0.15) is 4.94 Å². The number of oxime groups is 3. The lowest BCUT2D eigenvalue weighted by molar-refractivity contribution is -0.353. The third-order valence-corrected chi connectivity index (χ3v) is 1.53. The van der Waals surface area contributed by atoms with Gasteiger partial charge < -0.3 is 19.8 Å². The molecule has 0 radical (unpaired) electrons. The van der Waals surface area contributed by atoms with E-state index in [1.165, 1.54) is 0 Å². The molecule has 0 aromatic rings. The third-order valence-electron chi connectivity index (χ3n) is 1.53. The lowest BCUT2D eigenvalue weighted by Crippen LogP contribution is -2.48. The molecular weight excluding hydrogens is 212 g/mol. The van der Waals surface area contributed by atoms with Crippen molar-refractivity contribution in [3.63, 3.8) is 0 Å². The highest BCUT2D eigenvalue weighted by Gasteiger charge is 2.48. The molecule has 1 atom stereocenters. The van der Waals surface area contributed by atoms with Crippen LogP contribution in [0.1, 0.15) is 0 Å². The number of hydrogen-bond donors (Lipinski definition) is 1. The number of amidine groups is 1. The molecule has 0 aliphatic carbocycles. The molecule has 0 aromatic heterocycles. The monoisotopic (exact) mass is 216 g/mol. The van der Waals surface area contributed by atoms with Crippen molar-refractivity contribution in [2.24, 2.45) is 21.3 Å². The average Bonchev–Trinajstić information content (AvgIpc) is 2.61. The van der Waals surface area contributed by atoms with Crippen molar-refractivity contribution in [3.8, 4) is 0 Å². The molecule has 0 saturated carbocycles. The number of hydrazine groups is 1. The zero-order chi connectivity index (χ0) is 10.8. The Kier molecular flexibility index (Phi) is 2.15. The molecule has 2 N–H and O–H groups in total. The van der Waals surface area contributed by atoms with E-state index in [1.807, 2.05) is 0 Å². The zero-order valence-electron chi connectivity index (χ0n) is 7.01. The predicted molar refractivity (Wildman–Crippen MR) is 43.4 cm³/mol. The van der Waals surface area contributed by atoms with Crippen molar-refractivity contribution < 1.29 is 19.5 Å². The van der Waals surface area contributed by atoms with Gasteiger partial charge in [0, 0.05) is 0 Å². The van der Waals surface area contributed by atoms with Gasteiger partial charge >= 0.3 is 5.84 Å². The van der Waals surface area contributed by atoms with Gasteiger partial charge in [-0.1, -0.05) is 0 Å². The molecule has 0 aromatic carbocycles. The molecule has 2 aliphatic heterocycles. The van der Waals surface area contributed by atoms with Crippen molar-refractivity contribution in [3.05, 3.63) is 10.1 Å². The minimum absolute atomic E-state index is 0.243. The Morgan fingerprint density at radius 3 is 3.00 bits per heavy atom. The van der Waals surface area contributed by atoms with Crippen LogP contribution in [0.15, 0.2) is 15.5 Å². The first kappa shape index (κ1) is 9.29. The molecule has 0 fully saturated rings. The number of hydrogen-bond acceptors (Lipinski definition) is 10. The highest BCUT2D eigenvalue weighted by Crippen LogP contribution is 2.12. The summed E-state index contributed by atoms with van der Waals surface area (Å²) in [6.45, 7) is 0. The molecule has 2 rings (SSSR count). The summed E-state index contributed by atoms with van der Waals surface area (Å²) in [5, 5.41) is 20.8. The smallest absolute Gasteiger partial charge is 0.358 e. The van der Waals surface area contributed by atoms with Gasteiger partial charge in [0.05, 0.1) is 0 Å². The van der Waals surface area contributed by atoms with Crippen LogP contribution in [0.3, 0.4) is 0 Å². The lowest BCUT2D eigenvalue weighted by atomic mass is 10.3. The van der Waals surface area contributed by atoms with E-state index in [0.717, 1.165) is 6.40 Å². The van der Waals surface area contributed by atoms with Gasteiger partial charge in [-0.3, -0.25) is 0 Å². The minimum Gasteiger partial charge on any atom is -0.358 e. The summed E-state index contributed by atoms with van der Waals surface area (Å²) in [5.41, 5.74) is 0. The van der Waals surface area contributed by atoms with Crippen LogP contribution in [-0.4, -0.2) is 34.3 Å². The second-order valence-electron chi connectivity index (χ2n) is 2.39. The molecule has 2 aliphatic rings. The zero-order valence-corrected chi connectivity index (χ0v) is 7.01. The standard InChI is InChI=1S/C4H4N6O5/c5-9-2(3(7-15-9)10(11)12)4-8-13-1-6-14-4/h1-2H,5H2. The molecule has 0 amide bonds. The Morgan fingerprint density at radius 1 is 1.60 bits per heavy atom. The SMILES string of the molecule is NN1ON=C([N+](=O)[O-])C1C1=NOC=NO1. The van der Waals surface area contributed by atoms with E-state index in [9.17, 15) is 10.1 Å². The maximum atomic E-state index is 10.5. The maximum absolute atomic E-state index is 10.5. The van der Waals surface area contributed by atoms with E-state index < -0.39 is 16.8 Å². The van der Waals surface area contributed by atoms with E-state index >= 15 is 0 Å². The first-order chi connectivity index (χ1) is 7.20. The van der Waals surface area contributed by atoms with Gasteiger partial charge in [0.1, 0.15) is 0 Å². The van der Waals surface area contributed by atoms with E-state index in [4.69, 9.17) is 5.84 Å². The van der Waals surface area contributed by atoms with Crippen LogP contribution in [0.25, 0.3) is 0 Å². The molecule has 1 unspecified atom stereocenters. The second-order valence-corrected chi connectivity index (χ2v) is 2.39. The highest BCUT2D eigenvalue weighted by molar-refractivity contribution is 6.03. The molecular formula is C4H4N6O5. The van der Waals surface area contributed by atoms with Gasteiger partial charge in [0.25, 0.3) is 11.9 Å². The molecule has 0 bridgehead atoms. The normalized spacial score (nSPS) is 24.7. The van der Waals surface area contributed by atoms with Crippen LogP contribution in [0.2, 0.25) is 0 Å². The summed E-state index contributed by atoms with van der Waals surface area (Å²) in [6.07, 6.45) is 0.906. The molecule has 0 spiro atoms. The van der Waals surface area contributed by atoms with Gasteiger partial charge in [0.15, 0.2) is 5.16 Å². The summed E-state index contributed by atoms with van der Waals surface area (Å²) < 4.78 is 0. The topological polar surface area (TPSA) is 137 Å². The fourth-order valence-corrected chi connectivity index (χ4v) is 0.939. The summed E-state index contributed by atoms with van der Waals surface area (Å²) in [7, 11) is 0. The van der Waals surface area contributed by atoms with Crippen molar-refractivity contribution in [1.82, 2.24) is 5.17 Å². The molecule has 2 heterocycles. The van der Waals surface area contributed by atoms with E-state index in [1.54, 1.807) is 0 Å². The summed E-state index contributed by atoms with van der Waals surface area (Å²) in [5.74, 6) is 4.45. The quantitative estimate of drug-likeness (QED) is 0.315. The summed E-state index contributed by atoms with van der Waals surface area (Å²) in [6, 6.07) is -1.20. The van der Waals surface area contributed by atoms with Crippen LogP contribution in [0.4, 0.5) is 0 Å². The number of nitro groups is 1. The molecule has 15 heavy (non-hydrogen) atoms. The van der Waals surface area contributed by atoms with Gasteiger partial charge in [0.2, 0.25) is 6.40 Å². The maximum Gasteiger partial charge on any atom is 0.419 e. The van der Waals surface area contributed by atoms with Crippen molar-refractivity contribution in [2.75, 3.05) is 0 Å². The molecule has 80 valence electrons. The molecule has 11 heteroatoms. The highest BCUT2D eigenvalue weighted by atomic mass is 16.8. The Hall–Kier alpha value is -2.27. The van der Waals surface area contributed by atoms with Crippen LogP contribution in [-0.2, 0) is 14.6 Å². The van der Waals surface area contributed by atoms with Crippen LogP contribution >= 0.6 is 0 Å². The van der Waals surface area contributed by atoms with Crippen molar-refractivity contribution >= 4 is 18.1 Å². The van der Waals surface area contributed by atoms with Gasteiger partial charge in [-0.05, 0) is 20.4 Å². The number of hydroxylamine groups is 1. The number of rotatable bonds is 1. The summed E-state index contributed by atoms with van der Waals surface area (Å²) >= 11 is 0. The van der Waals surface area contributed by atoms with Crippen molar-refractivity contribution in [2.45, 2.75) is 6.04 Å². The van der Waals surface area contributed by atoms with Crippen LogP contribution in [0.5, 0.6) is 0 Å². The number of nitrogens with zero attached hydrogens (tertiary/aromatic N) is 5. The fraction of sp³-hybridized carbons (Fsp3) is 0.250. The van der Waals surface area contributed by atoms with E-state index in [2.05, 4.69) is 30.1 Å². The average molecular weight is 216 g/mol. The Labute approximate surface area is 81.4 Å². The molecule has 11 nitrogen and oxygen atoms in total. The Bertz CT molecular complexity index is 376. The fourth-order valence-electron chi connectivity index (χ4n) is 0.939. The Balaban J connectivity index is 2.22. The summed E-state index contributed by atoms with van der Waals surface area (Å²) in [4.78, 5) is 23.2. The number of nitrogens with two attached hydrogens (primary N) is 1. The largest absolute Gasteiger partial charge is 0.419 e. The third kappa shape index (κ3) is 1.55. The first-order valence-electron chi connectivity index (χ1n) is 3.56. The van der Waals surface area contributed by atoms with E-state index in [-0.39, 0.29) is 5.90 Å². The Morgan fingerprint density at radius 2 is 2.40 bits per heavy atom. The lowest BCUT2D eigenvalue weighted by Gasteiger charge is -2.12. The van der Waals surface area contributed by atoms with Crippen molar-refractivity contribution in [1.29, 1.82) is 0 Å². The van der Waals surface area contributed by atoms with Crippen LogP contribution in [0, 0.1) is 10.1 Å². The van der Waals surface area contributed by atoms with Crippen LogP contribution < -0.4 is 5.84 Å². The minimum atomic E-state index is -1.20. The molecule has 0 saturated heterocycles. The van der Waals surface area contributed by atoms with Gasteiger partial charge in [-0.15, -0.1) is 0 Å². The second kappa shape index (κ2) is 3.47. The predicted octanol–water partition coefficient (Wildman–Crippen LogP) is -1.63. The van der Waals surface area contributed by atoms with E-state index in [0.29, 0.717) is 5.17 Å². The first-order valence-corrected chi connectivity index (χ1v) is 3.56. The van der Waals surface area contributed by atoms with Gasteiger partial charge in [-0.25, -0.2) is 5.84 Å².